The van der Waals surface area contributed by atoms with Gasteiger partial charge in [-0.1, -0.05) is 11.5 Å². The summed E-state index contributed by atoms with van der Waals surface area (Å²) in [4.78, 5) is 0.781. The van der Waals surface area contributed by atoms with E-state index in [1.165, 1.54) is 0 Å². The van der Waals surface area contributed by atoms with Crippen molar-refractivity contribution in [2.45, 2.75) is 43.8 Å². The second kappa shape index (κ2) is 6.20. The lowest BCUT2D eigenvalue weighted by atomic mass is 9.82. The Balaban J connectivity index is 2.74. The number of ether oxygens (including phenoxy) is 2. The Hall–Kier alpha value is -0.645. The average molecular weight is 281 g/mol. The lowest BCUT2D eigenvalue weighted by Crippen LogP contribution is -2.50. The molecule has 105 valence electrons. The van der Waals surface area contributed by atoms with Crippen LogP contribution in [0.1, 0.15) is 27.7 Å². The molecule has 0 spiro atoms. The van der Waals surface area contributed by atoms with Crippen LogP contribution in [0.5, 0.6) is 5.75 Å². The minimum Gasteiger partial charge on any atom is -0.496 e. The van der Waals surface area contributed by atoms with Gasteiger partial charge in [-0.2, -0.15) is 0 Å². The molecular weight excluding hydrogens is 259 g/mol. The van der Waals surface area contributed by atoms with Crippen LogP contribution in [0.4, 0.5) is 0 Å². The van der Waals surface area contributed by atoms with Crippen molar-refractivity contribution in [1.29, 1.82) is 0 Å². The molecule has 3 nitrogen and oxygen atoms in total. The zero-order valence-corrected chi connectivity index (χ0v) is 13.4. The van der Waals surface area contributed by atoms with Crippen molar-refractivity contribution in [3.8, 4) is 5.75 Å². The molecule has 0 aliphatic carbocycles. The zero-order chi connectivity index (χ0) is 14.7. The Kier molecular flexibility index (Phi) is 5.36. The van der Waals surface area contributed by atoms with Crippen LogP contribution < -0.4 is 10.2 Å². The van der Waals surface area contributed by atoms with Crippen molar-refractivity contribution in [3.63, 3.8) is 0 Å². The fourth-order valence-electron chi connectivity index (χ4n) is 1.38. The summed E-state index contributed by atoms with van der Waals surface area (Å²) < 4.78 is 16.5. The van der Waals surface area contributed by atoms with E-state index in [1.807, 2.05) is 45.9 Å². The lowest BCUT2D eigenvalue weighted by Gasteiger charge is -2.40. The quantitative estimate of drug-likeness (QED) is 0.641. The molecule has 0 aliphatic heterocycles. The molecule has 0 fully saturated rings. The van der Waals surface area contributed by atoms with Gasteiger partial charge in [-0.3, -0.25) is 0 Å². The second-order valence-electron chi connectivity index (χ2n) is 5.39. The topological polar surface area (TPSA) is 27.7 Å². The van der Waals surface area contributed by atoms with E-state index in [0.29, 0.717) is 0 Å². The first kappa shape index (κ1) is 16.4. The van der Waals surface area contributed by atoms with Crippen LogP contribution in [0.25, 0.3) is 0 Å². The highest BCUT2D eigenvalue weighted by Gasteiger charge is 2.37. The Labute approximate surface area is 122 Å². The van der Waals surface area contributed by atoms with Crippen LogP contribution in [0.3, 0.4) is 0 Å². The molecule has 1 rings (SSSR count). The number of hydrogen-bond donors (Lipinski definition) is 1. The fourth-order valence-corrected chi connectivity index (χ4v) is 1.70. The van der Waals surface area contributed by atoms with Gasteiger partial charge in [-0.25, -0.2) is 0 Å². The van der Waals surface area contributed by atoms with E-state index >= 15 is 0 Å². The van der Waals surface area contributed by atoms with Gasteiger partial charge in [0.15, 0.2) is 0 Å². The van der Waals surface area contributed by atoms with Gasteiger partial charge >= 0.3 is 7.48 Å². The summed E-state index contributed by atoms with van der Waals surface area (Å²) in [6.45, 7) is 7.99. The minimum atomic E-state index is -0.446. The van der Waals surface area contributed by atoms with Crippen LogP contribution in [0, 0.1) is 0 Å². The smallest absolute Gasteiger partial charge is 0.330 e. The number of rotatable bonds is 6. The summed E-state index contributed by atoms with van der Waals surface area (Å²) in [6, 6.07) is 5.69. The van der Waals surface area contributed by atoms with E-state index in [9.17, 15) is 0 Å². The van der Waals surface area contributed by atoms with Gasteiger partial charge in [-0.15, -0.1) is 12.6 Å². The number of methoxy groups -OCH3 is 2. The first-order valence-corrected chi connectivity index (χ1v) is 6.61. The monoisotopic (exact) mass is 281 g/mol. The molecule has 0 amide bonds. The highest BCUT2D eigenvalue weighted by Crippen LogP contribution is 2.28. The third-order valence-corrected chi connectivity index (χ3v) is 4.00. The summed E-state index contributed by atoms with van der Waals surface area (Å²) in [7, 11) is 5.03. The maximum Gasteiger partial charge on any atom is 0.330 e. The number of hydrogen-bond acceptors (Lipinski definition) is 4. The molecule has 0 saturated heterocycles. The summed E-state index contributed by atoms with van der Waals surface area (Å²) >= 11 is 4.36. The van der Waals surface area contributed by atoms with Crippen LogP contribution in [-0.2, 0) is 9.39 Å². The van der Waals surface area contributed by atoms with Crippen LogP contribution in [0.2, 0.25) is 0 Å². The summed E-state index contributed by atoms with van der Waals surface area (Å²) in [5.41, 5.74) is 0.101. The third-order valence-electron chi connectivity index (χ3n) is 3.65. The zero-order valence-electron chi connectivity index (χ0n) is 12.5. The van der Waals surface area contributed by atoms with E-state index in [4.69, 9.17) is 14.1 Å². The molecule has 0 aromatic heterocycles. The molecular formula is C14H22BO3S. The molecule has 0 saturated carbocycles. The SMILES string of the molecule is COc1ccc([B]OC(C)(C)C(C)(C)OC)cc1S. The van der Waals surface area contributed by atoms with Gasteiger partial charge in [0.05, 0.1) is 18.3 Å². The van der Waals surface area contributed by atoms with E-state index in [0.717, 1.165) is 16.1 Å². The maximum atomic E-state index is 5.87. The minimum absolute atomic E-state index is 0.389. The Morgan fingerprint density at radius 1 is 1.05 bits per heavy atom. The van der Waals surface area contributed by atoms with E-state index in [-0.39, 0.29) is 5.60 Å². The molecule has 5 heteroatoms. The lowest BCUT2D eigenvalue weighted by molar-refractivity contribution is -0.114. The first-order chi connectivity index (χ1) is 8.73. The van der Waals surface area contributed by atoms with Gasteiger partial charge in [0.2, 0.25) is 0 Å². The highest BCUT2D eigenvalue weighted by molar-refractivity contribution is 7.80. The van der Waals surface area contributed by atoms with E-state index < -0.39 is 5.60 Å². The van der Waals surface area contributed by atoms with Crippen LogP contribution in [-0.4, -0.2) is 32.9 Å². The Morgan fingerprint density at radius 2 is 1.68 bits per heavy atom. The van der Waals surface area contributed by atoms with Crippen LogP contribution in [0.15, 0.2) is 23.1 Å². The molecule has 0 atom stereocenters. The molecule has 0 aliphatic rings. The van der Waals surface area contributed by atoms with Crippen molar-refractivity contribution < 1.29 is 14.1 Å². The normalized spacial score (nSPS) is 12.4. The maximum absolute atomic E-state index is 5.87. The molecule has 1 radical (unpaired) electrons. The van der Waals surface area contributed by atoms with Crippen molar-refractivity contribution in [2.24, 2.45) is 0 Å². The summed E-state index contributed by atoms with van der Waals surface area (Å²) in [5.74, 6) is 0.747. The fraction of sp³-hybridized carbons (Fsp3) is 0.571. The molecule has 1 aromatic carbocycles. The predicted molar refractivity (Wildman–Crippen MR) is 81.9 cm³/mol. The number of thiol groups is 1. The largest absolute Gasteiger partial charge is 0.496 e. The summed E-state index contributed by atoms with van der Waals surface area (Å²) in [6.07, 6.45) is 0. The number of benzene rings is 1. The highest BCUT2D eigenvalue weighted by atomic mass is 32.1. The van der Waals surface area contributed by atoms with Gasteiger partial charge in [0.1, 0.15) is 5.75 Å². The first-order valence-electron chi connectivity index (χ1n) is 6.16. The van der Waals surface area contributed by atoms with Gasteiger partial charge in [-0.05, 0) is 39.8 Å². The summed E-state index contributed by atoms with van der Waals surface area (Å²) in [5, 5.41) is 0. The molecule has 0 unspecified atom stereocenters. The second-order valence-corrected chi connectivity index (χ2v) is 5.87. The van der Waals surface area contributed by atoms with Gasteiger partial charge in [0, 0.05) is 12.0 Å². The van der Waals surface area contributed by atoms with E-state index in [1.54, 1.807) is 21.7 Å². The standard InChI is InChI=1S/C14H22BO3S/c1-13(2,17-6)14(3,4)18-15-10-7-8-11(16-5)12(19)9-10/h7-9,19H,1-6H3. The Morgan fingerprint density at radius 3 is 2.16 bits per heavy atom. The molecule has 0 bridgehead atoms. The average Bonchev–Trinajstić information content (AvgIpc) is 2.36. The molecule has 1 aromatic rings. The molecule has 0 N–H and O–H groups in total. The van der Waals surface area contributed by atoms with E-state index in [2.05, 4.69) is 12.6 Å². The van der Waals surface area contributed by atoms with Crippen molar-refractivity contribution in [2.75, 3.05) is 14.2 Å². The van der Waals surface area contributed by atoms with Crippen molar-refractivity contribution in [3.05, 3.63) is 18.2 Å². The van der Waals surface area contributed by atoms with Crippen LogP contribution >= 0.6 is 12.6 Å². The van der Waals surface area contributed by atoms with Crippen molar-refractivity contribution >= 4 is 25.6 Å². The van der Waals surface area contributed by atoms with Gasteiger partial charge < -0.3 is 14.1 Å². The predicted octanol–water partition coefficient (Wildman–Crippen LogP) is 2.45. The van der Waals surface area contributed by atoms with Crippen molar-refractivity contribution in [1.82, 2.24) is 0 Å². The Bertz CT molecular complexity index is 433. The third kappa shape index (κ3) is 3.91. The van der Waals surface area contributed by atoms with Gasteiger partial charge in [0.25, 0.3) is 0 Å². The molecule has 19 heavy (non-hydrogen) atoms. The molecule has 0 heterocycles.